The lowest BCUT2D eigenvalue weighted by Gasteiger charge is -2.20. The van der Waals surface area contributed by atoms with E-state index in [4.69, 9.17) is 4.74 Å². The highest BCUT2D eigenvalue weighted by Gasteiger charge is 2.18. The molecule has 6 heteroatoms. The zero-order valence-electron chi connectivity index (χ0n) is 45.1. The molecular formula is C61H117NO5. The summed E-state index contributed by atoms with van der Waals surface area (Å²) in [4.78, 5) is 24.5. The summed E-state index contributed by atoms with van der Waals surface area (Å²) in [6.07, 6.45) is 69.2. The van der Waals surface area contributed by atoms with Gasteiger partial charge in [-0.1, -0.05) is 282 Å². The highest BCUT2D eigenvalue weighted by Crippen LogP contribution is 2.17. The van der Waals surface area contributed by atoms with E-state index in [0.29, 0.717) is 19.4 Å². The van der Waals surface area contributed by atoms with E-state index in [9.17, 15) is 19.8 Å². The Morgan fingerprint density at radius 1 is 0.403 bits per heavy atom. The zero-order valence-corrected chi connectivity index (χ0v) is 45.1. The van der Waals surface area contributed by atoms with E-state index in [1.165, 1.54) is 231 Å². The number of esters is 1. The lowest BCUT2D eigenvalue weighted by Crippen LogP contribution is -2.45. The SMILES string of the molecule is CCCCCCCCCCCCCCCCC/C=C/C(O)C(CO)NC(=O)CCCCCCCCC/C=C\CCCCCCOC(=O)CCCCCCCCCCCCCCCCCCCC. The Morgan fingerprint density at radius 3 is 1.06 bits per heavy atom. The second kappa shape index (κ2) is 56.9. The predicted octanol–water partition coefficient (Wildman–Crippen LogP) is 18.6. The molecule has 2 atom stereocenters. The quantitative estimate of drug-likeness (QED) is 0.0321. The molecule has 0 aromatic heterocycles. The minimum atomic E-state index is -0.854. The molecule has 2 unspecified atom stereocenters. The van der Waals surface area contributed by atoms with Crippen molar-refractivity contribution in [3.8, 4) is 0 Å². The smallest absolute Gasteiger partial charge is 0.305 e. The van der Waals surface area contributed by atoms with Gasteiger partial charge in [-0.15, -0.1) is 0 Å². The summed E-state index contributed by atoms with van der Waals surface area (Å²) in [6.45, 7) is 4.89. The van der Waals surface area contributed by atoms with Crippen molar-refractivity contribution in [2.24, 2.45) is 0 Å². The summed E-state index contributed by atoms with van der Waals surface area (Å²) in [7, 11) is 0. The molecule has 67 heavy (non-hydrogen) atoms. The number of carbonyl (C=O) groups is 2. The third kappa shape index (κ3) is 53.5. The third-order valence-electron chi connectivity index (χ3n) is 14.0. The average Bonchev–Trinajstić information content (AvgIpc) is 3.33. The Bertz CT molecular complexity index is 1040. The first-order valence-electron chi connectivity index (χ1n) is 30.1. The van der Waals surface area contributed by atoms with Crippen molar-refractivity contribution in [2.75, 3.05) is 13.2 Å². The number of carbonyl (C=O) groups excluding carboxylic acids is 2. The van der Waals surface area contributed by atoms with E-state index in [0.717, 1.165) is 70.6 Å². The van der Waals surface area contributed by atoms with Gasteiger partial charge in [0.25, 0.3) is 0 Å². The number of unbranched alkanes of at least 4 members (excludes halogenated alkanes) is 43. The summed E-state index contributed by atoms with van der Waals surface area (Å²) in [5.41, 5.74) is 0. The number of amides is 1. The maximum Gasteiger partial charge on any atom is 0.305 e. The van der Waals surface area contributed by atoms with E-state index in [-0.39, 0.29) is 18.5 Å². The number of allylic oxidation sites excluding steroid dienone is 3. The molecule has 0 bridgehead atoms. The Kier molecular flexibility index (Phi) is 55.5. The molecule has 0 aromatic rings. The van der Waals surface area contributed by atoms with Gasteiger partial charge in [0.2, 0.25) is 5.91 Å². The first kappa shape index (κ1) is 65.3. The Morgan fingerprint density at radius 2 is 0.701 bits per heavy atom. The van der Waals surface area contributed by atoms with E-state index >= 15 is 0 Å². The molecule has 0 aliphatic carbocycles. The molecule has 3 N–H and O–H groups in total. The molecule has 0 saturated carbocycles. The molecule has 0 heterocycles. The molecule has 0 aliphatic heterocycles. The van der Waals surface area contributed by atoms with Crippen LogP contribution in [0.1, 0.15) is 328 Å². The van der Waals surface area contributed by atoms with Crippen LogP contribution in [0.5, 0.6) is 0 Å². The van der Waals surface area contributed by atoms with Gasteiger partial charge in [-0.05, 0) is 57.8 Å². The van der Waals surface area contributed by atoms with Crippen LogP contribution >= 0.6 is 0 Å². The fourth-order valence-corrected chi connectivity index (χ4v) is 9.34. The van der Waals surface area contributed by atoms with Crippen molar-refractivity contribution in [3.63, 3.8) is 0 Å². The van der Waals surface area contributed by atoms with Crippen molar-refractivity contribution < 1.29 is 24.5 Å². The van der Waals surface area contributed by atoms with Crippen LogP contribution in [0.4, 0.5) is 0 Å². The van der Waals surface area contributed by atoms with Crippen LogP contribution in [-0.2, 0) is 14.3 Å². The Balaban J connectivity index is 3.47. The highest BCUT2D eigenvalue weighted by molar-refractivity contribution is 5.76. The maximum absolute atomic E-state index is 12.5. The number of aliphatic hydroxyl groups is 2. The van der Waals surface area contributed by atoms with Gasteiger partial charge in [0.1, 0.15) is 0 Å². The predicted molar refractivity (Wildman–Crippen MR) is 292 cm³/mol. The average molecular weight is 945 g/mol. The van der Waals surface area contributed by atoms with Gasteiger partial charge in [0, 0.05) is 12.8 Å². The molecule has 0 aliphatic rings. The second-order valence-corrected chi connectivity index (χ2v) is 20.7. The largest absolute Gasteiger partial charge is 0.466 e. The van der Waals surface area contributed by atoms with Gasteiger partial charge in [0.05, 0.1) is 25.4 Å². The Labute approximate surface area is 418 Å². The third-order valence-corrected chi connectivity index (χ3v) is 14.0. The molecule has 396 valence electrons. The van der Waals surface area contributed by atoms with Crippen LogP contribution in [-0.4, -0.2) is 47.4 Å². The number of rotatable bonds is 56. The minimum Gasteiger partial charge on any atom is -0.466 e. The van der Waals surface area contributed by atoms with Gasteiger partial charge in [-0.25, -0.2) is 0 Å². The first-order chi connectivity index (χ1) is 33.0. The fraction of sp³-hybridized carbons (Fsp3) is 0.902. The van der Waals surface area contributed by atoms with E-state index < -0.39 is 12.1 Å². The van der Waals surface area contributed by atoms with Crippen LogP contribution in [0.3, 0.4) is 0 Å². The van der Waals surface area contributed by atoms with E-state index in [2.05, 4.69) is 31.3 Å². The van der Waals surface area contributed by atoms with Crippen molar-refractivity contribution in [3.05, 3.63) is 24.3 Å². The Hall–Kier alpha value is -1.66. The van der Waals surface area contributed by atoms with Crippen LogP contribution in [0.25, 0.3) is 0 Å². The van der Waals surface area contributed by atoms with E-state index in [1.807, 2.05) is 6.08 Å². The van der Waals surface area contributed by atoms with Crippen molar-refractivity contribution >= 4 is 11.9 Å². The molecular weight excluding hydrogens is 827 g/mol. The molecule has 0 saturated heterocycles. The summed E-state index contributed by atoms with van der Waals surface area (Å²) in [6, 6.07) is -0.639. The summed E-state index contributed by atoms with van der Waals surface area (Å²) in [5.74, 6) is -0.0875. The van der Waals surface area contributed by atoms with Gasteiger partial charge in [-0.3, -0.25) is 9.59 Å². The number of ether oxygens (including phenoxy) is 1. The van der Waals surface area contributed by atoms with E-state index in [1.54, 1.807) is 6.08 Å². The summed E-state index contributed by atoms with van der Waals surface area (Å²) >= 11 is 0. The number of aliphatic hydroxyl groups excluding tert-OH is 2. The topological polar surface area (TPSA) is 95.9 Å². The maximum atomic E-state index is 12.5. The lowest BCUT2D eigenvalue weighted by atomic mass is 10.0. The monoisotopic (exact) mass is 944 g/mol. The van der Waals surface area contributed by atoms with Gasteiger partial charge in [-0.2, -0.15) is 0 Å². The van der Waals surface area contributed by atoms with Crippen LogP contribution in [0.15, 0.2) is 24.3 Å². The number of nitrogens with one attached hydrogen (secondary N) is 1. The molecule has 0 rings (SSSR count). The molecule has 1 amide bonds. The molecule has 0 radical (unpaired) electrons. The van der Waals surface area contributed by atoms with Crippen LogP contribution in [0, 0.1) is 0 Å². The van der Waals surface area contributed by atoms with Crippen molar-refractivity contribution in [1.82, 2.24) is 5.32 Å². The summed E-state index contributed by atoms with van der Waals surface area (Å²) in [5, 5.41) is 23.1. The lowest BCUT2D eigenvalue weighted by molar-refractivity contribution is -0.143. The second-order valence-electron chi connectivity index (χ2n) is 20.7. The molecule has 0 fully saturated rings. The highest BCUT2D eigenvalue weighted by atomic mass is 16.5. The molecule has 0 aromatic carbocycles. The standard InChI is InChI=1S/C61H117NO5/c1-3-5-7-9-11-13-15-17-19-21-23-27-31-35-39-43-47-51-55-61(66)67-56-52-48-44-40-36-32-28-24-26-30-34-38-42-46-50-54-60(65)62-58(57-63)59(64)53-49-45-41-37-33-29-25-22-20-18-16-14-12-10-8-6-4-2/h28,32,49,53,58-59,63-64H,3-27,29-31,33-48,50-52,54-57H2,1-2H3,(H,62,65)/b32-28-,53-49+. The fourth-order valence-electron chi connectivity index (χ4n) is 9.34. The zero-order chi connectivity index (χ0) is 48.6. The summed E-state index contributed by atoms with van der Waals surface area (Å²) < 4.78 is 5.48. The first-order valence-corrected chi connectivity index (χ1v) is 30.1. The normalized spacial score (nSPS) is 12.7. The van der Waals surface area contributed by atoms with Gasteiger partial charge >= 0.3 is 5.97 Å². The molecule has 0 spiro atoms. The van der Waals surface area contributed by atoms with Crippen LogP contribution in [0.2, 0.25) is 0 Å². The van der Waals surface area contributed by atoms with Gasteiger partial charge < -0.3 is 20.3 Å². The van der Waals surface area contributed by atoms with Crippen molar-refractivity contribution in [2.45, 2.75) is 341 Å². The molecule has 6 nitrogen and oxygen atoms in total. The van der Waals surface area contributed by atoms with Gasteiger partial charge in [0.15, 0.2) is 0 Å². The number of hydrogen-bond acceptors (Lipinski definition) is 5. The minimum absolute atomic E-state index is 0.00647. The number of hydrogen-bond donors (Lipinski definition) is 3. The van der Waals surface area contributed by atoms with Crippen LogP contribution < -0.4 is 5.32 Å². The van der Waals surface area contributed by atoms with Crippen molar-refractivity contribution in [1.29, 1.82) is 0 Å².